The average Bonchev–Trinajstić information content (AvgIpc) is 2.46. The van der Waals surface area contributed by atoms with Crippen LogP contribution < -0.4 is 5.32 Å². The Kier molecular flexibility index (Phi) is 10.4. The van der Waals surface area contributed by atoms with Gasteiger partial charge in [-0.3, -0.25) is 4.90 Å². The second-order valence-corrected chi connectivity index (χ2v) is 7.41. The monoisotopic (exact) mass is 296 g/mol. The van der Waals surface area contributed by atoms with Crippen molar-refractivity contribution in [1.29, 1.82) is 0 Å². The fourth-order valence-electron chi connectivity index (χ4n) is 3.60. The predicted octanol–water partition coefficient (Wildman–Crippen LogP) is 4.84. The Balaban J connectivity index is 2.19. The molecule has 21 heavy (non-hydrogen) atoms. The van der Waals surface area contributed by atoms with Gasteiger partial charge >= 0.3 is 0 Å². The average molecular weight is 297 g/mol. The fraction of sp³-hybridized carbons (Fsp3) is 1.00. The first-order valence-electron chi connectivity index (χ1n) is 9.64. The van der Waals surface area contributed by atoms with Gasteiger partial charge in [-0.1, -0.05) is 66.2 Å². The first-order valence-corrected chi connectivity index (χ1v) is 9.64. The fourth-order valence-corrected chi connectivity index (χ4v) is 3.60. The number of nitrogens with one attached hydrogen (secondary N) is 1. The highest BCUT2D eigenvalue weighted by atomic mass is 15.2. The van der Waals surface area contributed by atoms with Crippen molar-refractivity contribution < 1.29 is 0 Å². The summed E-state index contributed by atoms with van der Waals surface area (Å²) < 4.78 is 0. The maximum Gasteiger partial charge on any atom is 0.0218 e. The van der Waals surface area contributed by atoms with Crippen molar-refractivity contribution >= 4 is 0 Å². The van der Waals surface area contributed by atoms with Gasteiger partial charge in [0.1, 0.15) is 0 Å². The number of piperazine rings is 1. The molecule has 1 N–H and O–H groups in total. The zero-order valence-electron chi connectivity index (χ0n) is 15.2. The Morgan fingerprint density at radius 2 is 1.67 bits per heavy atom. The van der Waals surface area contributed by atoms with Crippen molar-refractivity contribution in [1.82, 2.24) is 10.2 Å². The molecule has 2 nitrogen and oxygen atoms in total. The van der Waals surface area contributed by atoms with Gasteiger partial charge < -0.3 is 5.32 Å². The summed E-state index contributed by atoms with van der Waals surface area (Å²) in [6.45, 7) is 13.1. The standard InChI is InChI=1S/C19H40N2/c1-5-7-8-9-10-11-12-13-21-16-18(14-17(3)4)20-15-19(21)6-2/h17-20H,5-16H2,1-4H3. The molecule has 0 radical (unpaired) electrons. The smallest absolute Gasteiger partial charge is 0.0218 e. The SMILES string of the molecule is CCCCCCCCCN1CC(CC(C)C)NCC1CC. The van der Waals surface area contributed by atoms with E-state index in [1.54, 1.807) is 0 Å². The van der Waals surface area contributed by atoms with E-state index in [1.165, 1.54) is 77.4 Å². The molecule has 0 amide bonds. The molecule has 1 rings (SSSR count). The van der Waals surface area contributed by atoms with Crippen molar-refractivity contribution in [3.05, 3.63) is 0 Å². The topological polar surface area (TPSA) is 15.3 Å². The molecule has 1 heterocycles. The summed E-state index contributed by atoms with van der Waals surface area (Å²) in [5.41, 5.74) is 0. The zero-order chi connectivity index (χ0) is 15.5. The third-order valence-electron chi connectivity index (χ3n) is 4.89. The van der Waals surface area contributed by atoms with E-state index in [4.69, 9.17) is 0 Å². The maximum atomic E-state index is 3.76. The van der Waals surface area contributed by atoms with Gasteiger partial charge in [-0.15, -0.1) is 0 Å². The lowest BCUT2D eigenvalue weighted by atomic mass is 9.98. The lowest BCUT2D eigenvalue weighted by Gasteiger charge is -2.40. The molecule has 2 atom stereocenters. The Morgan fingerprint density at radius 1 is 1.00 bits per heavy atom. The third kappa shape index (κ3) is 8.21. The summed E-state index contributed by atoms with van der Waals surface area (Å²) in [6.07, 6.45) is 12.6. The van der Waals surface area contributed by atoms with E-state index in [9.17, 15) is 0 Å². The first kappa shape index (κ1) is 19.0. The van der Waals surface area contributed by atoms with Gasteiger partial charge in [0.15, 0.2) is 0 Å². The Bertz CT molecular complexity index is 240. The summed E-state index contributed by atoms with van der Waals surface area (Å²) in [4.78, 5) is 2.77. The van der Waals surface area contributed by atoms with E-state index < -0.39 is 0 Å². The second kappa shape index (κ2) is 11.5. The van der Waals surface area contributed by atoms with Gasteiger partial charge in [-0.2, -0.15) is 0 Å². The van der Waals surface area contributed by atoms with Gasteiger partial charge in [-0.25, -0.2) is 0 Å². The van der Waals surface area contributed by atoms with Crippen molar-refractivity contribution in [3.8, 4) is 0 Å². The molecule has 0 spiro atoms. The summed E-state index contributed by atoms with van der Waals surface area (Å²) >= 11 is 0. The molecule has 2 heteroatoms. The van der Waals surface area contributed by atoms with E-state index in [1.807, 2.05) is 0 Å². The number of unbranched alkanes of at least 4 members (excludes halogenated alkanes) is 6. The molecule has 1 saturated heterocycles. The van der Waals surface area contributed by atoms with Crippen molar-refractivity contribution in [3.63, 3.8) is 0 Å². The van der Waals surface area contributed by atoms with E-state index in [0.717, 1.165) is 18.0 Å². The minimum Gasteiger partial charge on any atom is -0.311 e. The van der Waals surface area contributed by atoms with Gasteiger partial charge in [0.05, 0.1) is 0 Å². The molecule has 0 saturated carbocycles. The number of rotatable bonds is 11. The molecule has 0 aromatic carbocycles. The molecule has 0 aliphatic carbocycles. The minimum atomic E-state index is 0.720. The van der Waals surface area contributed by atoms with Gasteiger partial charge in [0, 0.05) is 25.2 Å². The molecule has 1 fully saturated rings. The summed E-state index contributed by atoms with van der Waals surface area (Å²) in [5.74, 6) is 0.807. The van der Waals surface area contributed by atoms with Gasteiger partial charge in [-0.05, 0) is 31.7 Å². The van der Waals surface area contributed by atoms with Crippen molar-refractivity contribution in [2.75, 3.05) is 19.6 Å². The van der Waals surface area contributed by atoms with Crippen LogP contribution >= 0.6 is 0 Å². The van der Waals surface area contributed by atoms with E-state index in [-0.39, 0.29) is 0 Å². The van der Waals surface area contributed by atoms with Crippen LogP contribution in [0.1, 0.15) is 85.5 Å². The molecule has 0 bridgehead atoms. The molecule has 0 aromatic heterocycles. The normalized spacial score (nSPS) is 23.9. The quantitative estimate of drug-likeness (QED) is 0.549. The third-order valence-corrected chi connectivity index (χ3v) is 4.89. The zero-order valence-corrected chi connectivity index (χ0v) is 15.2. The summed E-state index contributed by atoms with van der Waals surface area (Å²) in [5, 5.41) is 3.76. The Morgan fingerprint density at radius 3 is 2.29 bits per heavy atom. The molecule has 126 valence electrons. The van der Waals surface area contributed by atoms with Crippen LogP contribution in [0.2, 0.25) is 0 Å². The summed E-state index contributed by atoms with van der Waals surface area (Å²) in [7, 11) is 0. The maximum absolute atomic E-state index is 3.76. The lowest BCUT2D eigenvalue weighted by Crippen LogP contribution is -2.56. The highest BCUT2D eigenvalue weighted by Gasteiger charge is 2.26. The van der Waals surface area contributed by atoms with E-state index in [2.05, 4.69) is 37.9 Å². The van der Waals surface area contributed by atoms with E-state index >= 15 is 0 Å². The Labute approximate surface area is 134 Å². The number of nitrogens with zero attached hydrogens (tertiary/aromatic N) is 1. The van der Waals surface area contributed by atoms with Crippen LogP contribution in [0, 0.1) is 5.92 Å². The van der Waals surface area contributed by atoms with Crippen LogP contribution in [0.25, 0.3) is 0 Å². The first-order chi connectivity index (χ1) is 10.2. The highest BCUT2D eigenvalue weighted by Crippen LogP contribution is 2.16. The second-order valence-electron chi connectivity index (χ2n) is 7.41. The van der Waals surface area contributed by atoms with Crippen LogP contribution in [0.15, 0.2) is 0 Å². The molecule has 1 aliphatic heterocycles. The van der Waals surface area contributed by atoms with Crippen LogP contribution in [0.3, 0.4) is 0 Å². The largest absolute Gasteiger partial charge is 0.311 e. The van der Waals surface area contributed by atoms with Gasteiger partial charge in [0.2, 0.25) is 0 Å². The molecule has 1 aliphatic rings. The van der Waals surface area contributed by atoms with Crippen LogP contribution in [0.5, 0.6) is 0 Å². The lowest BCUT2D eigenvalue weighted by molar-refractivity contribution is 0.116. The highest BCUT2D eigenvalue weighted by molar-refractivity contribution is 4.85. The molecule has 0 aromatic rings. The van der Waals surface area contributed by atoms with E-state index in [0.29, 0.717) is 0 Å². The Hall–Kier alpha value is -0.0800. The molecular formula is C19H40N2. The predicted molar refractivity (Wildman–Crippen MR) is 94.9 cm³/mol. The minimum absolute atomic E-state index is 0.720. The van der Waals surface area contributed by atoms with Crippen molar-refractivity contribution in [2.24, 2.45) is 5.92 Å². The van der Waals surface area contributed by atoms with Crippen LogP contribution in [-0.4, -0.2) is 36.6 Å². The van der Waals surface area contributed by atoms with Crippen molar-refractivity contribution in [2.45, 2.75) is 97.6 Å². The molecular weight excluding hydrogens is 256 g/mol. The van der Waals surface area contributed by atoms with Crippen LogP contribution in [0.4, 0.5) is 0 Å². The summed E-state index contributed by atoms with van der Waals surface area (Å²) in [6, 6.07) is 1.49. The number of hydrogen-bond acceptors (Lipinski definition) is 2. The number of hydrogen-bond donors (Lipinski definition) is 1. The van der Waals surface area contributed by atoms with Gasteiger partial charge in [0.25, 0.3) is 0 Å². The molecule has 2 unspecified atom stereocenters. The van der Waals surface area contributed by atoms with Crippen LogP contribution in [-0.2, 0) is 0 Å².